The summed E-state index contributed by atoms with van der Waals surface area (Å²) in [5.41, 5.74) is 2.27. The molecule has 0 bridgehead atoms. The van der Waals surface area contributed by atoms with Gasteiger partial charge in [0.2, 0.25) is 11.8 Å². The fraction of sp³-hybridized carbons (Fsp3) is 0.105. The summed E-state index contributed by atoms with van der Waals surface area (Å²) in [4.78, 5) is 27.8. The van der Waals surface area contributed by atoms with E-state index in [0.29, 0.717) is 33.6 Å². The van der Waals surface area contributed by atoms with E-state index in [9.17, 15) is 9.59 Å². The van der Waals surface area contributed by atoms with E-state index < -0.39 is 0 Å². The van der Waals surface area contributed by atoms with Crippen LogP contribution in [0.5, 0.6) is 5.75 Å². The normalized spacial score (nSPS) is 10.9. The first kappa shape index (κ1) is 18.5. The number of aromatic nitrogens is 2. The second-order valence-corrected chi connectivity index (χ2v) is 5.99. The lowest BCUT2D eigenvalue weighted by Gasteiger charge is -2.11. The number of amides is 2. The molecule has 1 aromatic carbocycles. The summed E-state index contributed by atoms with van der Waals surface area (Å²) in [6.07, 6.45) is 4.75. The Hall–Kier alpha value is -3.32. The molecule has 0 aliphatic rings. The predicted molar refractivity (Wildman–Crippen MR) is 105 cm³/mol. The van der Waals surface area contributed by atoms with Crippen LogP contribution < -0.4 is 15.4 Å². The number of nitrogens with one attached hydrogen (secondary N) is 2. The Kier molecular flexibility index (Phi) is 5.42. The monoisotopic (exact) mass is 384 g/mol. The van der Waals surface area contributed by atoms with E-state index in [2.05, 4.69) is 15.6 Å². The number of rotatable bonds is 5. The number of pyridine rings is 1. The van der Waals surface area contributed by atoms with Crippen LogP contribution in [-0.2, 0) is 9.59 Å². The molecule has 2 N–H and O–H groups in total. The van der Waals surface area contributed by atoms with Crippen molar-refractivity contribution in [3.05, 3.63) is 59.5 Å². The van der Waals surface area contributed by atoms with Gasteiger partial charge in [-0.25, -0.2) is 4.98 Å². The van der Waals surface area contributed by atoms with Gasteiger partial charge in [0.25, 0.3) is 0 Å². The van der Waals surface area contributed by atoms with Gasteiger partial charge >= 0.3 is 0 Å². The number of halogens is 1. The van der Waals surface area contributed by atoms with E-state index in [-0.39, 0.29) is 11.8 Å². The van der Waals surface area contributed by atoms with E-state index in [1.54, 1.807) is 28.7 Å². The number of hydrogen-bond acceptors (Lipinski definition) is 4. The molecule has 0 radical (unpaired) electrons. The Morgan fingerprint density at radius 1 is 1.22 bits per heavy atom. The van der Waals surface area contributed by atoms with Crippen LogP contribution in [-0.4, -0.2) is 28.3 Å². The lowest BCUT2D eigenvalue weighted by atomic mass is 10.2. The second kappa shape index (κ2) is 7.92. The highest BCUT2D eigenvalue weighted by Crippen LogP contribution is 2.28. The number of fused-ring (bicyclic) bond motifs is 1. The standard InChI is InChI=1S/C19H17ClN4O3/c1-12(25)21-13-6-8-16(27-2)14(11-13)22-18(26)9-7-15-19(20)23-17-5-3-4-10-24(15)17/h3-11H,1-2H3,(H,21,25)(H,22,26)/b9-7+. The number of benzene rings is 1. The number of carbonyl (C=O) groups is 2. The maximum Gasteiger partial charge on any atom is 0.248 e. The highest BCUT2D eigenvalue weighted by atomic mass is 35.5. The number of nitrogens with zero attached hydrogens (tertiary/aromatic N) is 2. The van der Waals surface area contributed by atoms with E-state index in [1.807, 2.05) is 24.4 Å². The van der Waals surface area contributed by atoms with Crippen LogP contribution in [0.2, 0.25) is 5.15 Å². The van der Waals surface area contributed by atoms with Gasteiger partial charge in [-0.1, -0.05) is 17.7 Å². The van der Waals surface area contributed by atoms with Crippen molar-refractivity contribution in [1.29, 1.82) is 0 Å². The van der Waals surface area contributed by atoms with E-state index in [1.165, 1.54) is 20.1 Å². The lowest BCUT2D eigenvalue weighted by molar-refractivity contribution is -0.114. The third kappa shape index (κ3) is 4.27. The summed E-state index contributed by atoms with van der Waals surface area (Å²) in [5.74, 6) is -0.117. The molecule has 0 fully saturated rings. The van der Waals surface area contributed by atoms with Crippen LogP contribution in [0.15, 0.2) is 48.7 Å². The van der Waals surface area contributed by atoms with Gasteiger partial charge in [-0.3, -0.25) is 14.0 Å². The molecule has 2 aromatic heterocycles. The van der Waals surface area contributed by atoms with Crippen LogP contribution in [0.4, 0.5) is 11.4 Å². The Morgan fingerprint density at radius 2 is 2.04 bits per heavy atom. The molecule has 0 saturated heterocycles. The van der Waals surface area contributed by atoms with Crippen LogP contribution >= 0.6 is 11.6 Å². The zero-order valence-corrected chi connectivity index (χ0v) is 15.4. The van der Waals surface area contributed by atoms with Gasteiger partial charge in [-0.15, -0.1) is 0 Å². The molecule has 3 rings (SSSR count). The molecular weight excluding hydrogens is 368 g/mol. The average molecular weight is 385 g/mol. The van der Waals surface area contributed by atoms with Gasteiger partial charge < -0.3 is 15.4 Å². The van der Waals surface area contributed by atoms with Crippen LogP contribution in [0.1, 0.15) is 12.6 Å². The van der Waals surface area contributed by atoms with Crippen molar-refractivity contribution in [3.63, 3.8) is 0 Å². The van der Waals surface area contributed by atoms with E-state index >= 15 is 0 Å². The number of methoxy groups -OCH3 is 1. The largest absolute Gasteiger partial charge is 0.495 e. The van der Waals surface area contributed by atoms with E-state index in [0.717, 1.165) is 0 Å². The zero-order chi connectivity index (χ0) is 19.4. The predicted octanol–water partition coefficient (Wildman–Crippen LogP) is 3.61. The fourth-order valence-electron chi connectivity index (χ4n) is 2.55. The minimum absolute atomic E-state index is 0.209. The smallest absolute Gasteiger partial charge is 0.248 e. The summed E-state index contributed by atoms with van der Waals surface area (Å²) in [6, 6.07) is 10.5. The third-order valence-corrected chi connectivity index (χ3v) is 3.97. The first-order chi connectivity index (χ1) is 13.0. The number of hydrogen-bond donors (Lipinski definition) is 2. The third-order valence-electron chi connectivity index (χ3n) is 3.69. The molecule has 0 saturated carbocycles. The Balaban J connectivity index is 1.81. The SMILES string of the molecule is COc1ccc(NC(C)=O)cc1NC(=O)/C=C/c1c(Cl)nc2ccccn12. The van der Waals surface area contributed by atoms with Crippen molar-refractivity contribution in [1.82, 2.24) is 9.38 Å². The van der Waals surface area contributed by atoms with Gasteiger partial charge in [-0.05, 0) is 36.4 Å². The first-order valence-corrected chi connectivity index (χ1v) is 8.43. The maximum atomic E-state index is 12.3. The maximum absolute atomic E-state index is 12.3. The molecule has 0 aliphatic carbocycles. The summed E-state index contributed by atoms with van der Waals surface area (Å²) in [5, 5.41) is 5.69. The molecule has 7 nitrogen and oxygen atoms in total. The van der Waals surface area contributed by atoms with Crippen molar-refractivity contribution in [2.75, 3.05) is 17.7 Å². The number of ether oxygens (including phenoxy) is 1. The molecule has 2 heterocycles. The van der Waals surface area contributed by atoms with Crippen molar-refractivity contribution in [2.24, 2.45) is 0 Å². The van der Waals surface area contributed by atoms with Crippen molar-refractivity contribution in [3.8, 4) is 5.75 Å². The van der Waals surface area contributed by atoms with Crippen LogP contribution in [0, 0.1) is 0 Å². The highest BCUT2D eigenvalue weighted by Gasteiger charge is 2.10. The molecular formula is C19H17ClN4O3. The fourth-order valence-corrected chi connectivity index (χ4v) is 2.79. The Morgan fingerprint density at radius 3 is 2.78 bits per heavy atom. The Labute approximate surface area is 160 Å². The highest BCUT2D eigenvalue weighted by molar-refractivity contribution is 6.31. The molecule has 3 aromatic rings. The number of imidazole rings is 1. The van der Waals surface area contributed by atoms with Gasteiger partial charge in [0.05, 0.1) is 18.5 Å². The summed E-state index contributed by atoms with van der Waals surface area (Å²) < 4.78 is 7.03. The molecule has 0 spiro atoms. The quantitative estimate of drug-likeness (QED) is 0.658. The average Bonchev–Trinajstić information content (AvgIpc) is 2.95. The number of carbonyl (C=O) groups excluding carboxylic acids is 2. The number of anilines is 2. The molecule has 138 valence electrons. The van der Waals surface area contributed by atoms with Crippen molar-refractivity contribution >= 4 is 46.5 Å². The molecule has 8 heteroatoms. The van der Waals surface area contributed by atoms with Crippen molar-refractivity contribution < 1.29 is 14.3 Å². The topological polar surface area (TPSA) is 84.7 Å². The van der Waals surface area contributed by atoms with Gasteiger partial charge in [-0.2, -0.15) is 0 Å². The zero-order valence-electron chi connectivity index (χ0n) is 14.7. The summed E-state index contributed by atoms with van der Waals surface area (Å²) in [6.45, 7) is 1.41. The molecule has 0 aliphatic heterocycles. The van der Waals surface area contributed by atoms with Gasteiger partial charge in [0, 0.05) is 24.9 Å². The first-order valence-electron chi connectivity index (χ1n) is 8.05. The molecule has 2 amide bonds. The van der Waals surface area contributed by atoms with Crippen LogP contribution in [0.3, 0.4) is 0 Å². The van der Waals surface area contributed by atoms with Crippen LogP contribution in [0.25, 0.3) is 11.7 Å². The lowest BCUT2D eigenvalue weighted by Crippen LogP contribution is -2.11. The Bertz CT molecular complexity index is 1040. The summed E-state index contributed by atoms with van der Waals surface area (Å²) >= 11 is 6.15. The molecule has 0 atom stereocenters. The second-order valence-electron chi connectivity index (χ2n) is 5.64. The van der Waals surface area contributed by atoms with Gasteiger partial charge in [0.15, 0.2) is 5.15 Å². The molecule has 0 unspecified atom stereocenters. The van der Waals surface area contributed by atoms with E-state index in [4.69, 9.17) is 16.3 Å². The van der Waals surface area contributed by atoms with Crippen molar-refractivity contribution in [2.45, 2.75) is 6.92 Å². The minimum atomic E-state index is -0.379. The molecule has 27 heavy (non-hydrogen) atoms. The summed E-state index contributed by atoms with van der Waals surface area (Å²) in [7, 11) is 1.50. The van der Waals surface area contributed by atoms with Gasteiger partial charge in [0.1, 0.15) is 11.4 Å². The minimum Gasteiger partial charge on any atom is -0.495 e.